The van der Waals surface area contributed by atoms with Crippen molar-refractivity contribution in [3.05, 3.63) is 36.8 Å². The fourth-order valence-electron chi connectivity index (χ4n) is 1.45. The van der Waals surface area contributed by atoms with Gasteiger partial charge in [0, 0.05) is 4.88 Å². The van der Waals surface area contributed by atoms with E-state index in [1.165, 1.54) is 22.7 Å². The molecule has 2 aromatic rings. The van der Waals surface area contributed by atoms with Crippen molar-refractivity contribution in [2.75, 3.05) is 5.32 Å². The summed E-state index contributed by atoms with van der Waals surface area (Å²) in [6.45, 7) is 3.83. The van der Waals surface area contributed by atoms with E-state index in [4.69, 9.17) is 5.26 Å². The molecule has 92 valence electrons. The zero-order chi connectivity index (χ0) is 13.3. The van der Waals surface area contributed by atoms with E-state index in [0.717, 1.165) is 14.2 Å². The maximum atomic E-state index is 12.0. The molecular formula is C12H9BrN2OS2. The molecule has 2 aromatic heterocycles. The molecule has 1 N–H and O–H groups in total. The minimum atomic E-state index is -0.177. The summed E-state index contributed by atoms with van der Waals surface area (Å²) in [7, 11) is 0. The highest BCUT2D eigenvalue weighted by molar-refractivity contribution is 9.11. The molecule has 0 aliphatic carbocycles. The van der Waals surface area contributed by atoms with Gasteiger partial charge in [-0.3, -0.25) is 4.79 Å². The Morgan fingerprint density at radius 3 is 2.67 bits per heavy atom. The predicted octanol–water partition coefficient (Wildman–Crippen LogP) is 4.31. The van der Waals surface area contributed by atoms with E-state index in [0.29, 0.717) is 15.4 Å². The van der Waals surface area contributed by atoms with Crippen molar-refractivity contribution in [1.29, 1.82) is 5.26 Å². The van der Waals surface area contributed by atoms with E-state index in [-0.39, 0.29) is 5.91 Å². The number of halogens is 1. The van der Waals surface area contributed by atoms with Gasteiger partial charge in [-0.05, 0) is 47.5 Å². The maximum absolute atomic E-state index is 12.0. The summed E-state index contributed by atoms with van der Waals surface area (Å²) in [5.41, 5.74) is 1.49. The SMILES string of the molecule is Cc1sc(NC(=O)c2ccc(Br)s2)c(C#N)c1C. The third-order valence-corrected chi connectivity index (χ3v) is 5.27. The second-order valence-electron chi connectivity index (χ2n) is 3.66. The van der Waals surface area contributed by atoms with Gasteiger partial charge < -0.3 is 5.32 Å². The molecule has 0 bridgehead atoms. The Kier molecular flexibility index (Phi) is 3.85. The van der Waals surface area contributed by atoms with Crippen LogP contribution in [-0.2, 0) is 0 Å². The summed E-state index contributed by atoms with van der Waals surface area (Å²) in [6, 6.07) is 5.72. The monoisotopic (exact) mass is 340 g/mol. The number of nitriles is 1. The first-order chi connectivity index (χ1) is 8.52. The number of nitrogens with one attached hydrogen (secondary N) is 1. The Morgan fingerprint density at radius 1 is 1.39 bits per heavy atom. The second kappa shape index (κ2) is 5.22. The van der Waals surface area contributed by atoms with Gasteiger partial charge in [-0.25, -0.2) is 0 Å². The zero-order valence-corrected chi connectivity index (χ0v) is 12.9. The van der Waals surface area contributed by atoms with E-state index in [1.54, 1.807) is 6.07 Å². The lowest BCUT2D eigenvalue weighted by Gasteiger charge is -2.00. The molecular weight excluding hydrogens is 332 g/mol. The van der Waals surface area contributed by atoms with E-state index in [9.17, 15) is 4.79 Å². The van der Waals surface area contributed by atoms with Gasteiger partial charge in [-0.1, -0.05) is 0 Å². The van der Waals surface area contributed by atoms with Crippen molar-refractivity contribution in [1.82, 2.24) is 0 Å². The molecule has 0 radical (unpaired) electrons. The molecule has 2 rings (SSSR count). The van der Waals surface area contributed by atoms with Crippen LogP contribution in [0.25, 0.3) is 0 Å². The Bertz CT molecular complexity index is 652. The van der Waals surface area contributed by atoms with Crippen LogP contribution in [0.3, 0.4) is 0 Å². The number of hydrogen-bond acceptors (Lipinski definition) is 4. The molecule has 0 fully saturated rings. The number of nitrogens with zero attached hydrogens (tertiary/aromatic N) is 1. The minimum absolute atomic E-state index is 0.177. The zero-order valence-electron chi connectivity index (χ0n) is 9.70. The maximum Gasteiger partial charge on any atom is 0.266 e. The van der Waals surface area contributed by atoms with Crippen molar-refractivity contribution in [2.45, 2.75) is 13.8 Å². The highest BCUT2D eigenvalue weighted by Gasteiger charge is 2.16. The van der Waals surface area contributed by atoms with E-state index < -0.39 is 0 Å². The Hall–Kier alpha value is -1.16. The number of anilines is 1. The number of aryl methyl sites for hydroxylation is 1. The smallest absolute Gasteiger partial charge is 0.266 e. The van der Waals surface area contributed by atoms with Crippen molar-refractivity contribution in [3.8, 4) is 6.07 Å². The fraction of sp³-hybridized carbons (Fsp3) is 0.167. The molecule has 6 heteroatoms. The normalized spacial score (nSPS) is 10.1. The Labute approximate surface area is 121 Å². The summed E-state index contributed by atoms with van der Waals surface area (Å²) in [4.78, 5) is 13.7. The molecule has 0 unspecified atom stereocenters. The van der Waals surface area contributed by atoms with Gasteiger partial charge in [-0.2, -0.15) is 5.26 Å². The van der Waals surface area contributed by atoms with Gasteiger partial charge in [0.1, 0.15) is 11.1 Å². The number of rotatable bonds is 2. The highest BCUT2D eigenvalue weighted by Crippen LogP contribution is 2.32. The molecule has 3 nitrogen and oxygen atoms in total. The molecule has 0 aliphatic heterocycles. The van der Waals surface area contributed by atoms with Gasteiger partial charge >= 0.3 is 0 Å². The molecule has 1 amide bonds. The van der Waals surface area contributed by atoms with Crippen LogP contribution in [0, 0.1) is 25.2 Å². The molecule has 0 atom stereocenters. The number of carbonyl (C=O) groups is 1. The molecule has 0 saturated carbocycles. The van der Waals surface area contributed by atoms with E-state index in [2.05, 4.69) is 27.3 Å². The van der Waals surface area contributed by atoms with Crippen molar-refractivity contribution < 1.29 is 4.79 Å². The van der Waals surface area contributed by atoms with Gasteiger partial charge in [-0.15, -0.1) is 22.7 Å². The summed E-state index contributed by atoms with van der Waals surface area (Å²) in [6.07, 6.45) is 0. The molecule has 0 aromatic carbocycles. The van der Waals surface area contributed by atoms with E-state index >= 15 is 0 Å². The fourth-order valence-corrected chi connectivity index (χ4v) is 3.74. The van der Waals surface area contributed by atoms with Crippen LogP contribution in [0.2, 0.25) is 0 Å². The van der Waals surface area contributed by atoms with Crippen LogP contribution < -0.4 is 5.32 Å². The second-order valence-corrected chi connectivity index (χ2v) is 7.34. The molecule has 0 aliphatic rings. The van der Waals surface area contributed by atoms with Crippen molar-refractivity contribution >= 4 is 49.5 Å². The Balaban J connectivity index is 2.28. The van der Waals surface area contributed by atoms with Gasteiger partial charge in [0.25, 0.3) is 5.91 Å². The molecule has 0 saturated heterocycles. The number of thiophene rings is 2. The van der Waals surface area contributed by atoms with Crippen molar-refractivity contribution in [2.24, 2.45) is 0 Å². The van der Waals surface area contributed by atoms with Crippen molar-refractivity contribution in [3.63, 3.8) is 0 Å². The largest absolute Gasteiger partial charge is 0.312 e. The minimum Gasteiger partial charge on any atom is -0.312 e. The first-order valence-electron chi connectivity index (χ1n) is 5.09. The standard InChI is InChI=1S/C12H9BrN2OS2/c1-6-7(2)17-12(8(6)5-14)15-11(16)9-3-4-10(13)18-9/h3-4H,1-2H3,(H,15,16). The van der Waals surface area contributed by atoms with Gasteiger partial charge in [0.05, 0.1) is 14.2 Å². The lowest BCUT2D eigenvalue weighted by atomic mass is 10.2. The number of hydrogen-bond donors (Lipinski definition) is 1. The van der Waals surface area contributed by atoms with Crippen LogP contribution in [0.5, 0.6) is 0 Å². The lowest BCUT2D eigenvalue weighted by molar-refractivity contribution is 0.103. The summed E-state index contributed by atoms with van der Waals surface area (Å²) >= 11 is 6.12. The van der Waals surface area contributed by atoms with E-state index in [1.807, 2.05) is 19.9 Å². The average molecular weight is 341 g/mol. The first-order valence-corrected chi connectivity index (χ1v) is 7.52. The third-order valence-electron chi connectivity index (χ3n) is 2.52. The van der Waals surface area contributed by atoms with Crippen LogP contribution in [-0.4, -0.2) is 5.91 Å². The number of carbonyl (C=O) groups excluding carboxylic acids is 1. The molecule has 0 spiro atoms. The van der Waals surface area contributed by atoms with Crippen LogP contribution in [0.1, 0.15) is 25.7 Å². The molecule has 18 heavy (non-hydrogen) atoms. The number of amides is 1. The third kappa shape index (κ3) is 2.48. The lowest BCUT2D eigenvalue weighted by Crippen LogP contribution is -2.09. The van der Waals surface area contributed by atoms with Gasteiger partial charge in [0.2, 0.25) is 0 Å². The van der Waals surface area contributed by atoms with Crippen LogP contribution >= 0.6 is 38.6 Å². The summed E-state index contributed by atoms with van der Waals surface area (Å²) < 4.78 is 0.909. The quantitative estimate of drug-likeness (QED) is 0.885. The summed E-state index contributed by atoms with van der Waals surface area (Å²) in [5, 5.41) is 12.5. The molecule has 2 heterocycles. The van der Waals surface area contributed by atoms with Gasteiger partial charge in [0.15, 0.2) is 0 Å². The topological polar surface area (TPSA) is 52.9 Å². The Morgan fingerprint density at radius 2 is 2.11 bits per heavy atom. The van der Waals surface area contributed by atoms with Crippen LogP contribution in [0.15, 0.2) is 15.9 Å². The highest BCUT2D eigenvalue weighted by atomic mass is 79.9. The summed E-state index contributed by atoms with van der Waals surface area (Å²) in [5.74, 6) is -0.177. The first kappa shape index (κ1) is 13.3. The average Bonchev–Trinajstić information content (AvgIpc) is 2.85. The van der Waals surface area contributed by atoms with Crippen LogP contribution in [0.4, 0.5) is 5.00 Å². The predicted molar refractivity (Wildman–Crippen MR) is 78.5 cm³/mol.